The fourth-order valence-electron chi connectivity index (χ4n) is 1.04. The highest BCUT2D eigenvalue weighted by Crippen LogP contribution is 2.13. The summed E-state index contributed by atoms with van der Waals surface area (Å²) in [5.41, 5.74) is 8.03. The van der Waals surface area contributed by atoms with E-state index in [0.717, 1.165) is 18.7 Å². The van der Waals surface area contributed by atoms with Gasteiger partial charge in [0.05, 0.1) is 13.2 Å². The topological polar surface area (TPSA) is 70.4 Å². The van der Waals surface area contributed by atoms with Crippen LogP contribution in [0.25, 0.3) is 10.4 Å². The van der Waals surface area contributed by atoms with Gasteiger partial charge in [-0.05, 0) is 12.0 Å². The van der Waals surface area contributed by atoms with Gasteiger partial charge in [-0.15, -0.1) is 0 Å². The Morgan fingerprint density at radius 3 is 3.27 bits per heavy atom. The van der Waals surface area contributed by atoms with Crippen LogP contribution in [0.1, 0.15) is 12.8 Å². The van der Waals surface area contributed by atoms with Crippen LogP contribution in [0.2, 0.25) is 0 Å². The lowest BCUT2D eigenvalue weighted by Gasteiger charge is -1.96. The quantitative estimate of drug-likeness (QED) is 0.337. The zero-order valence-electron chi connectivity index (χ0n) is 6.40. The Kier molecular flexibility index (Phi) is 2.74. The van der Waals surface area contributed by atoms with Crippen molar-refractivity contribution in [2.45, 2.75) is 18.9 Å². The maximum atomic E-state index is 8.03. The molecule has 1 heterocycles. The van der Waals surface area contributed by atoms with E-state index < -0.39 is 0 Å². The Morgan fingerprint density at radius 1 is 1.91 bits per heavy atom. The average molecular weight is 154 g/mol. The molecule has 1 aliphatic rings. The Hall–Kier alpha value is -1.22. The number of nitrogens with zero attached hydrogens (tertiary/aromatic N) is 4. The Morgan fingerprint density at radius 2 is 2.73 bits per heavy atom. The number of azide groups is 1. The average Bonchev–Trinajstić information content (AvgIpc) is 2.48. The minimum atomic E-state index is 0.140. The van der Waals surface area contributed by atoms with E-state index in [2.05, 4.69) is 15.0 Å². The second kappa shape index (κ2) is 3.83. The summed E-state index contributed by atoms with van der Waals surface area (Å²) in [6.45, 7) is 0.448. The predicted octanol–water partition coefficient (Wildman–Crippen LogP) is 1.50. The van der Waals surface area contributed by atoms with Crippen LogP contribution in [-0.2, 0) is 4.74 Å². The van der Waals surface area contributed by atoms with Crippen LogP contribution >= 0.6 is 0 Å². The molecule has 0 fully saturated rings. The van der Waals surface area contributed by atoms with Gasteiger partial charge in [-0.1, -0.05) is 5.11 Å². The van der Waals surface area contributed by atoms with Crippen LogP contribution < -0.4 is 0 Å². The molecule has 0 radical (unpaired) electrons. The molecule has 1 unspecified atom stereocenters. The first-order valence-corrected chi connectivity index (χ1v) is 3.48. The minimum Gasteiger partial charge on any atom is -0.484 e. The van der Waals surface area contributed by atoms with Crippen molar-refractivity contribution >= 4 is 5.90 Å². The molecule has 1 atom stereocenters. The normalized spacial score (nSPS) is 22.3. The summed E-state index contributed by atoms with van der Waals surface area (Å²) in [6, 6.07) is 0.140. The van der Waals surface area contributed by atoms with E-state index >= 15 is 0 Å². The lowest BCUT2D eigenvalue weighted by atomic mass is 10.2. The second-order valence-corrected chi connectivity index (χ2v) is 2.33. The van der Waals surface area contributed by atoms with Gasteiger partial charge in [-0.3, -0.25) is 4.99 Å². The van der Waals surface area contributed by atoms with Gasteiger partial charge < -0.3 is 4.74 Å². The Labute approximate surface area is 64.7 Å². The first-order chi connectivity index (χ1) is 5.36. The molecule has 60 valence electrons. The molecule has 0 spiro atoms. The molecule has 5 nitrogen and oxygen atoms in total. The van der Waals surface area contributed by atoms with Gasteiger partial charge in [0.15, 0.2) is 5.90 Å². The number of aliphatic imine (C=N–C) groups is 1. The summed E-state index contributed by atoms with van der Waals surface area (Å²) in [7, 11) is 1.61. The molecule has 0 saturated heterocycles. The van der Waals surface area contributed by atoms with E-state index in [1.54, 1.807) is 7.11 Å². The summed E-state index contributed by atoms with van der Waals surface area (Å²) in [5.74, 6) is 0.767. The van der Waals surface area contributed by atoms with Crippen LogP contribution in [0.15, 0.2) is 10.1 Å². The molecular weight excluding hydrogens is 144 g/mol. The summed E-state index contributed by atoms with van der Waals surface area (Å²) >= 11 is 0. The maximum Gasteiger partial charge on any atom is 0.183 e. The molecule has 1 rings (SSSR count). The third-order valence-electron chi connectivity index (χ3n) is 1.61. The molecule has 0 aromatic heterocycles. The molecule has 0 aromatic rings. The van der Waals surface area contributed by atoms with Crippen molar-refractivity contribution < 1.29 is 4.74 Å². The Balaban J connectivity index is 2.39. The fraction of sp³-hybridized carbons (Fsp3) is 0.833. The van der Waals surface area contributed by atoms with E-state index in [4.69, 9.17) is 10.3 Å². The summed E-state index contributed by atoms with van der Waals surface area (Å²) in [4.78, 5) is 6.84. The highest BCUT2D eigenvalue weighted by Gasteiger charge is 2.16. The SMILES string of the molecule is COC1=NC(CN=[N+]=[N-])CC1. The molecular formula is C6H10N4O. The third-order valence-corrected chi connectivity index (χ3v) is 1.61. The van der Waals surface area contributed by atoms with E-state index in [0.29, 0.717) is 6.54 Å². The van der Waals surface area contributed by atoms with Gasteiger partial charge in [0.25, 0.3) is 0 Å². The number of rotatable bonds is 2. The predicted molar refractivity (Wildman–Crippen MR) is 41.5 cm³/mol. The second-order valence-electron chi connectivity index (χ2n) is 2.33. The van der Waals surface area contributed by atoms with Crippen molar-refractivity contribution in [2.75, 3.05) is 13.7 Å². The van der Waals surface area contributed by atoms with Crippen molar-refractivity contribution in [3.8, 4) is 0 Å². The smallest absolute Gasteiger partial charge is 0.183 e. The molecule has 0 amide bonds. The van der Waals surface area contributed by atoms with Gasteiger partial charge in [-0.2, -0.15) is 0 Å². The highest BCUT2D eigenvalue weighted by molar-refractivity contribution is 5.77. The summed E-state index contributed by atoms with van der Waals surface area (Å²) < 4.78 is 4.94. The zero-order valence-corrected chi connectivity index (χ0v) is 6.40. The fourth-order valence-corrected chi connectivity index (χ4v) is 1.04. The molecule has 0 N–H and O–H groups in total. The molecule has 0 saturated carbocycles. The first kappa shape index (κ1) is 7.88. The van der Waals surface area contributed by atoms with Crippen molar-refractivity contribution in [1.82, 2.24) is 0 Å². The Bertz CT molecular complexity index is 207. The van der Waals surface area contributed by atoms with Gasteiger partial charge in [0, 0.05) is 17.9 Å². The van der Waals surface area contributed by atoms with Crippen molar-refractivity contribution in [1.29, 1.82) is 0 Å². The minimum absolute atomic E-state index is 0.140. The van der Waals surface area contributed by atoms with E-state index in [1.807, 2.05) is 0 Å². The molecule has 0 aromatic carbocycles. The van der Waals surface area contributed by atoms with Gasteiger partial charge in [0.1, 0.15) is 0 Å². The number of methoxy groups -OCH3 is 1. The number of hydrogen-bond acceptors (Lipinski definition) is 3. The van der Waals surface area contributed by atoms with Crippen molar-refractivity contribution in [3.05, 3.63) is 10.4 Å². The van der Waals surface area contributed by atoms with Gasteiger partial charge >= 0.3 is 0 Å². The van der Waals surface area contributed by atoms with Crippen molar-refractivity contribution in [3.63, 3.8) is 0 Å². The van der Waals surface area contributed by atoms with Crippen LogP contribution in [0.5, 0.6) is 0 Å². The van der Waals surface area contributed by atoms with Crippen LogP contribution in [0.4, 0.5) is 0 Å². The highest BCUT2D eigenvalue weighted by atomic mass is 16.5. The van der Waals surface area contributed by atoms with Crippen molar-refractivity contribution in [2.24, 2.45) is 10.1 Å². The van der Waals surface area contributed by atoms with Crippen LogP contribution in [-0.4, -0.2) is 25.6 Å². The zero-order chi connectivity index (χ0) is 8.10. The molecule has 0 aliphatic carbocycles. The van der Waals surface area contributed by atoms with Crippen LogP contribution in [0.3, 0.4) is 0 Å². The number of ether oxygens (including phenoxy) is 1. The maximum absolute atomic E-state index is 8.03. The monoisotopic (exact) mass is 154 g/mol. The molecule has 11 heavy (non-hydrogen) atoms. The summed E-state index contributed by atoms with van der Waals surface area (Å²) in [5, 5.41) is 3.44. The first-order valence-electron chi connectivity index (χ1n) is 3.48. The standard InChI is InChI=1S/C6H10N4O/c1-11-6-3-2-5(9-6)4-8-10-7/h5H,2-4H2,1H3. The largest absolute Gasteiger partial charge is 0.484 e. The third kappa shape index (κ3) is 2.13. The lowest BCUT2D eigenvalue weighted by Crippen LogP contribution is -2.02. The van der Waals surface area contributed by atoms with Crippen LogP contribution in [0, 0.1) is 0 Å². The lowest BCUT2D eigenvalue weighted by molar-refractivity contribution is 0.395. The molecule has 1 aliphatic heterocycles. The van der Waals surface area contributed by atoms with E-state index in [1.165, 1.54) is 0 Å². The molecule has 5 heteroatoms. The van der Waals surface area contributed by atoms with E-state index in [-0.39, 0.29) is 6.04 Å². The van der Waals surface area contributed by atoms with E-state index in [9.17, 15) is 0 Å². The summed E-state index contributed by atoms with van der Waals surface area (Å²) in [6.07, 6.45) is 1.80. The van der Waals surface area contributed by atoms with Gasteiger partial charge in [0.2, 0.25) is 0 Å². The van der Waals surface area contributed by atoms with Gasteiger partial charge in [-0.25, -0.2) is 0 Å². The number of hydrogen-bond donors (Lipinski definition) is 0. The molecule has 0 bridgehead atoms.